The van der Waals surface area contributed by atoms with Crippen molar-refractivity contribution in [2.24, 2.45) is 16.3 Å². The van der Waals surface area contributed by atoms with Gasteiger partial charge in [-0.25, -0.2) is 22.9 Å². The molecule has 3 unspecified atom stereocenters. The van der Waals surface area contributed by atoms with Gasteiger partial charge >= 0.3 is 11.9 Å². The van der Waals surface area contributed by atoms with Gasteiger partial charge in [0.05, 0.1) is 25.1 Å². The lowest BCUT2D eigenvalue weighted by molar-refractivity contribution is -0.156. The number of likely N-dealkylation sites (tertiary alicyclic amines) is 2. The van der Waals surface area contributed by atoms with Gasteiger partial charge in [-0.15, -0.1) is 11.3 Å². The van der Waals surface area contributed by atoms with Gasteiger partial charge in [-0.1, -0.05) is 12.1 Å². The molecule has 0 radical (unpaired) electrons. The highest BCUT2D eigenvalue weighted by molar-refractivity contribution is 7.11. The fraction of sp³-hybridized carbons (Fsp3) is 0.464. The van der Waals surface area contributed by atoms with Crippen LogP contribution in [0.5, 0.6) is 0 Å². The zero-order chi connectivity index (χ0) is 30.0. The molecule has 4 aliphatic rings. The molecule has 1 aromatic carbocycles. The molecule has 0 bridgehead atoms. The molecule has 3 aliphatic heterocycles. The molecule has 10 nitrogen and oxygen atoms in total. The van der Waals surface area contributed by atoms with Gasteiger partial charge in [0.25, 0.3) is 5.92 Å². The highest BCUT2D eigenvalue weighted by Crippen LogP contribution is 2.51. The fourth-order valence-electron chi connectivity index (χ4n) is 6.31. The van der Waals surface area contributed by atoms with Crippen molar-refractivity contribution in [2.45, 2.75) is 37.8 Å². The zero-order valence-corrected chi connectivity index (χ0v) is 23.6. The van der Waals surface area contributed by atoms with Gasteiger partial charge in [-0.2, -0.15) is 0 Å². The summed E-state index contributed by atoms with van der Waals surface area (Å²) in [5, 5.41) is 15.5. The number of carbonyl (C=O) groups is 3. The average molecular weight is 604 g/mol. The number of hydrogen-bond donors (Lipinski definition) is 2. The van der Waals surface area contributed by atoms with Crippen molar-refractivity contribution in [3.63, 3.8) is 0 Å². The topological polar surface area (TPSA) is 124 Å². The Labute approximate surface area is 242 Å². The second-order valence-corrected chi connectivity index (χ2v) is 12.0. The predicted octanol–water partition coefficient (Wildman–Crippen LogP) is 2.75. The Hall–Kier alpha value is -3.78. The number of rotatable bonds is 7. The molecule has 2 N–H and O–H groups in total. The summed E-state index contributed by atoms with van der Waals surface area (Å²) in [6.45, 7) is 0.422. The van der Waals surface area contributed by atoms with Crippen molar-refractivity contribution in [3.05, 3.63) is 63.0 Å². The largest absolute Gasteiger partial charge is 0.478 e. The van der Waals surface area contributed by atoms with Crippen LogP contribution in [-0.4, -0.2) is 88.8 Å². The number of hydrogen-bond acceptors (Lipinski definition) is 9. The number of alkyl halides is 2. The molecule has 2 saturated heterocycles. The number of amidine groups is 1. The molecule has 14 heteroatoms. The predicted molar refractivity (Wildman–Crippen MR) is 144 cm³/mol. The summed E-state index contributed by atoms with van der Waals surface area (Å²) in [7, 11) is 1.19. The Bertz CT molecular complexity index is 1520. The van der Waals surface area contributed by atoms with Crippen LogP contribution >= 0.6 is 11.3 Å². The summed E-state index contributed by atoms with van der Waals surface area (Å²) < 4.78 is 50.1. The Morgan fingerprint density at radius 3 is 2.64 bits per heavy atom. The highest BCUT2D eigenvalue weighted by Gasteiger charge is 2.64. The number of nitrogens with zero attached hydrogens (tertiary/aromatic N) is 4. The number of ether oxygens (including phenoxy) is 1. The second kappa shape index (κ2) is 10.2. The number of carboxylic acid groups (broad SMARTS) is 1. The molecule has 4 heterocycles. The SMILES string of the molecule is COC(=O)C1(C(=O)N2CC3C(C2)C(F)(F)CN3CC2=C(C(=O)O)C(c3cccc(F)c3C)N=C(c3nccs3)N2)CC1. The summed E-state index contributed by atoms with van der Waals surface area (Å²) in [5.74, 6) is -7.14. The first-order chi connectivity index (χ1) is 20.0. The van der Waals surface area contributed by atoms with Crippen molar-refractivity contribution in [3.8, 4) is 0 Å². The molecule has 3 fully saturated rings. The van der Waals surface area contributed by atoms with Crippen LogP contribution < -0.4 is 5.32 Å². The van der Waals surface area contributed by atoms with Crippen LogP contribution in [0.4, 0.5) is 13.2 Å². The molecule has 2 aromatic rings. The number of thiazole rings is 1. The Balaban J connectivity index is 1.34. The summed E-state index contributed by atoms with van der Waals surface area (Å²) in [6.07, 6.45) is 2.17. The van der Waals surface area contributed by atoms with E-state index in [9.17, 15) is 23.9 Å². The van der Waals surface area contributed by atoms with Gasteiger partial charge in [0, 0.05) is 43.0 Å². The van der Waals surface area contributed by atoms with E-state index in [-0.39, 0.29) is 42.3 Å². The minimum absolute atomic E-state index is 0.0343. The minimum Gasteiger partial charge on any atom is -0.478 e. The molecular weight excluding hydrogens is 575 g/mol. The third kappa shape index (κ3) is 4.56. The maximum Gasteiger partial charge on any atom is 0.335 e. The molecule has 0 spiro atoms. The molecule has 3 atom stereocenters. The van der Waals surface area contributed by atoms with Crippen LogP contribution in [0.1, 0.15) is 35.0 Å². The molecule has 1 saturated carbocycles. The standard InChI is InChI=1S/C28H28F3N5O5S/c1-14-15(4-3-5-17(14)29)21-20(24(37)38)18(33-22(34-21)23-32-8-9-42-23)11-36-13-28(30,31)16-10-35(12-19(16)36)25(39)27(6-7-27)26(40)41-2/h3-5,8-9,16,19,21H,6-7,10-13H2,1-2H3,(H,33,34)(H,37,38). The van der Waals surface area contributed by atoms with Gasteiger partial charge in [-0.05, 0) is 37.0 Å². The number of esters is 1. The van der Waals surface area contributed by atoms with Crippen molar-refractivity contribution >= 4 is 35.0 Å². The number of aliphatic carboxylic acids is 1. The van der Waals surface area contributed by atoms with Gasteiger partial charge < -0.3 is 20.1 Å². The van der Waals surface area contributed by atoms with Gasteiger partial charge in [0.15, 0.2) is 10.8 Å². The van der Waals surface area contributed by atoms with E-state index >= 15 is 8.78 Å². The number of benzene rings is 1. The summed E-state index contributed by atoms with van der Waals surface area (Å²) in [4.78, 5) is 49.9. The molecule has 6 rings (SSSR count). The quantitative estimate of drug-likeness (QED) is 0.366. The van der Waals surface area contributed by atoms with Gasteiger partial charge in [0.2, 0.25) is 5.91 Å². The van der Waals surface area contributed by atoms with Crippen LogP contribution in [0.3, 0.4) is 0 Å². The van der Waals surface area contributed by atoms with E-state index in [1.807, 2.05) is 0 Å². The zero-order valence-electron chi connectivity index (χ0n) is 22.8. The van der Waals surface area contributed by atoms with Crippen LogP contribution in [0.25, 0.3) is 0 Å². The van der Waals surface area contributed by atoms with E-state index in [4.69, 9.17) is 4.74 Å². The maximum atomic E-state index is 15.4. The van der Waals surface area contributed by atoms with E-state index < -0.39 is 59.5 Å². The molecule has 1 aliphatic carbocycles. The number of aliphatic imine (C=N–C) groups is 1. The maximum absolute atomic E-state index is 15.4. The van der Waals surface area contributed by atoms with Gasteiger partial charge in [0.1, 0.15) is 17.3 Å². The monoisotopic (exact) mass is 603 g/mol. The minimum atomic E-state index is -3.16. The number of carbonyl (C=O) groups excluding carboxylic acids is 2. The lowest BCUT2D eigenvalue weighted by Crippen LogP contribution is -2.45. The Morgan fingerprint density at radius 1 is 1.24 bits per heavy atom. The lowest BCUT2D eigenvalue weighted by Gasteiger charge is -2.31. The van der Waals surface area contributed by atoms with Crippen molar-refractivity contribution < 1.29 is 37.4 Å². The van der Waals surface area contributed by atoms with Crippen LogP contribution in [0, 0.1) is 24.1 Å². The van der Waals surface area contributed by atoms with Gasteiger partial charge in [-0.3, -0.25) is 19.5 Å². The number of halogens is 3. The summed E-state index contributed by atoms with van der Waals surface area (Å²) in [5.41, 5.74) is -0.815. The number of amides is 1. The van der Waals surface area contributed by atoms with E-state index in [1.54, 1.807) is 17.6 Å². The fourth-order valence-corrected chi connectivity index (χ4v) is 6.90. The Kier molecular flexibility index (Phi) is 6.88. The second-order valence-electron chi connectivity index (χ2n) is 11.1. The Morgan fingerprint density at radius 2 is 2.00 bits per heavy atom. The number of fused-ring (bicyclic) bond motifs is 1. The molecule has 42 heavy (non-hydrogen) atoms. The van der Waals surface area contributed by atoms with Crippen molar-refractivity contribution in [2.75, 3.05) is 33.3 Å². The smallest absolute Gasteiger partial charge is 0.335 e. The van der Waals surface area contributed by atoms with E-state index in [0.717, 1.165) is 0 Å². The van der Waals surface area contributed by atoms with E-state index in [1.165, 1.54) is 47.3 Å². The first-order valence-corrected chi connectivity index (χ1v) is 14.3. The van der Waals surface area contributed by atoms with Crippen LogP contribution in [0.15, 0.2) is 46.0 Å². The first-order valence-electron chi connectivity index (χ1n) is 13.4. The molecular formula is C28H28F3N5O5S. The molecule has 1 amide bonds. The highest BCUT2D eigenvalue weighted by atomic mass is 32.1. The van der Waals surface area contributed by atoms with E-state index in [2.05, 4.69) is 15.3 Å². The molecule has 1 aromatic heterocycles. The summed E-state index contributed by atoms with van der Waals surface area (Å²) >= 11 is 1.26. The first kappa shape index (κ1) is 28.3. The normalized spacial score (nSPS) is 26.0. The number of nitrogens with one attached hydrogen (secondary N) is 1. The number of carboxylic acids is 1. The third-order valence-corrected chi connectivity index (χ3v) is 9.47. The van der Waals surface area contributed by atoms with Crippen LogP contribution in [0.2, 0.25) is 0 Å². The van der Waals surface area contributed by atoms with Crippen LogP contribution in [-0.2, 0) is 19.1 Å². The third-order valence-electron chi connectivity index (χ3n) is 8.69. The van der Waals surface area contributed by atoms with Crippen molar-refractivity contribution in [1.29, 1.82) is 0 Å². The number of methoxy groups -OCH3 is 1. The molecule has 222 valence electrons. The average Bonchev–Trinajstić information content (AvgIpc) is 3.28. The summed E-state index contributed by atoms with van der Waals surface area (Å²) in [6, 6.07) is 2.42. The van der Waals surface area contributed by atoms with E-state index in [0.29, 0.717) is 23.4 Å². The lowest BCUT2D eigenvalue weighted by atomic mass is 9.92. The number of aromatic nitrogens is 1. The van der Waals surface area contributed by atoms with Crippen molar-refractivity contribution in [1.82, 2.24) is 20.1 Å².